The molecule has 2 aromatic heterocycles. The molecule has 0 unspecified atom stereocenters. The van der Waals surface area contributed by atoms with Crippen LogP contribution in [0.25, 0.3) is 10.9 Å². The minimum absolute atomic E-state index is 0.885. The molecule has 1 fully saturated rings. The van der Waals surface area contributed by atoms with Gasteiger partial charge in [-0.25, -0.2) is 4.98 Å². The molecule has 0 bridgehead atoms. The zero-order valence-corrected chi connectivity index (χ0v) is 14.0. The van der Waals surface area contributed by atoms with Crippen molar-refractivity contribution in [1.29, 1.82) is 0 Å². The molecule has 3 rings (SSSR count). The molecule has 1 N–H and O–H groups in total. The average molecular weight is 301 g/mol. The molecule has 22 heavy (non-hydrogen) atoms. The van der Waals surface area contributed by atoms with Crippen LogP contribution in [0.4, 0.5) is 5.82 Å². The highest BCUT2D eigenvalue weighted by Crippen LogP contribution is 2.27. The molecule has 0 aromatic carbocycles. The standard InChI is InChI=1S/C17H27N5/c1-13-15-11-17(18-12-16(15)20-19-13)22-9-6-14(7-10-22)5-4-8-21(2)3/h11-12,14H,4-10H2,1-3H3,(H,19,20). The summed E-state index contributed by atoms with van der Waals surface area (Å²) in [6.07, 6.45) is 7.14. The number of nitrogens with zero attached hydrogens (tertiary/aromatic N) is 4. The molecular weight excluding hydrogens is 274 g/mol. The van der Waals surface area contributed by atoms with Gasteiger partial charge in [-0.1, -0.05) is 0 Å². The van der Waals surface area contributed by atoms with Crippen LogP contribution in [0, 0.1) is 12.8 Å². The van der Waals surface area contributed by atoms with E-state index < -0.39 is 0 Å². The Morgan fingerprint density at radius 2 is 2.09 bits per heavy atom. The van der Waals surface area contributed by atoms with Gasteiger partial charge >= 0.3 is 0 Å². The van der Waals surface area contributed by atoms with E-state index in [2.05, 4.69) is 52.1 Å². The molecule has 0 saturated carbocycles. The zero-order valence-electron chi connectivity index (χ0n) is 14.0. The Bertz CT molecular complexity index is 611. The highest BCUT2D eigenvalue weighted by atomic mass is 15.2. The van der Waals surface area contributed by atoms with E-state index in [1.165, 1.54) is 37.6 Å². The van der Waals surface area contributed by atoms with Gasteiger partial charge in [-0.15, -0.1) is 0 Å². The Hall–Kier alpha value is -1.62. The van der Waals surface area contributed by atoms with Crippen LogP contribution in [0.15, 0.2) is 12.3 Å². The Balaban J connectivity index is 1.57. The fraction of sp³-hybridized carbons (Fsp3) is 0.647. The maximum absolute atomic E-state index is 4.59. The van der Waals surface area contributed by atoms with E-state index in [1.807, 2.05) is 6.20 Å². The smallest absolute Gasteiger partial charge is 0.129 e. The van der Waals surface area contributed by atoms with Gasteiger partial charge in [-0.2, -0.15) is 5.10 Å². The van der Waals surface area contributed by atoms with E-state index in [9.17, 15) is 0 Å². The van der Waals surface area contributed by atoms with Crippen LogP contribution < -0.4 is 4.90 Å². The number of rotatable bonds is 5. The van der Waals surface area contributed by atoms with E-state index in [0.29, 0.717) is 0 Å². The van der Waals surface area contributed by atoms with Gasteiger partial charge in [0.15, 0.2) is 0 Å². The largest absolute Gasteiger partial charge is 0.357 e. The van der Waals surface area contributed by atoms with Crippen LogP contribution in [0.5, 0.6) is 0 Å². The fourth-order valence-electron chi connectivity index (χ4n) is 3.35. The van der Waals surface area contributed by atoms with Gasteiger partial charge in [0.1, 0.15) is 11.3 Å². The first-order valence-electron chi connectivity index (χ1n) is 8.34. The number of aryl methyl sites for hydroxylation is 1. The first-order chi connectivity index (χ1) is 10.6. The number of aromatic nitrogens is 3. The van der Waals surface area contributed by atoms with Crippen molar-refractivity contribution in [2.75, 3.05) is 38.6 Å². The number of aromatic amines is 1. The zero-order chi connectivity index (χ0) is 15.5. The molecule has 5 nitrogen and oxygen atoms in total. The topological polar surface area (TPSA) is 48.1 Å². The second-order valence-corrected chi connectivity index (χ2v) is 6.78. The van der Waals surface area contributed by atoms with E-state index in [4.69, 9.17) is 0 Å². The Kier molecular flexibility index (Phi) is 4.62. The summed E-state index contributed by atoms with van der Waals surface area (Å²) in [7, 11) is 4.31. The summed E-state index contributed by atoms with van der Waals surface area (Å²) in [6, 6.07) is 2.18. The third-order valence-corrected chi connectivity index (χ3v) is 4.77. The lowest BCUT2D eigenvalue weighted by atomic mass is 9.92. The molecule has 0 spiro atoms. The van der Waals surface area contributed by atoms with Gasteiger partial charge in [-0.3, -0.25) is 5.10 Å². The van der Waals surface area contributed by atoms with Crippen LogP contribution in [0.1, 0.15) is 31.4 Å². The molecule has 1 aliphatic rings. The summed E-state index contributed by atoms with van der Waals surface area (Å²) in [4.78, 5) is 9.30. The molecule has 0 radical (unpaired) electrons. The van der Waals surface area contributed by atoms with Crippen molar-refractivity contribution >= 4 is 16.7 Å². The predicted molar refractivity (Wildman–Crippen MR) is 91.4 cm³/mol. The summed E-state index contributed by atoms with van der Waals surface area (Å²) in [5.74, 6) is 1.99. The Morgan fingerprint density at radius 3 is 2.82 bits per heavy atom. The second-order valence-electron chi connectivity index (χ2n) is 6.78. The summed E-state index contributed by atoms with van der Waals surface area (Å²) >= 11 is 0. The third kappa shape index (κ3) is 3.40. The molecular formula is C17H27N5. The van der Waals surface area contributed by atoms with Gasteiger partial charge in [-0.05, 0) is 65.2 Å². The monoisotopic (exact) mass is 301 g/mol. The van der Waals surface area contributed by atoms with Crippen molar-refractivity contribution in [2.45, 2.75) is 32.6 Å². The number of fused-ring (bicyclic) bond motifs is 1. The predicted octanol–water partition coefficient (Wildman–Crippen LogP) is 2.82. The average Bonchev–Trinajstić information content (AvgIpc) is 2.89. The molecule has 1 saturated heterocycles. The first kappa shape index (κ1) is 15.3. The molecule has 0 aliphatic carbocycles. The van der Waals surface area contributed by atoms with Crippen molar-refractivity contribution in [2.24, 2.45) is 5.92 Å². The quantitative estimate of drug-likeness (QED) is 0.922. The van der Waals surface area contributed by atoms with Gasteiger partial charge < -0.3 is 9.80 Å². The molecule has 0 amide bonds. The van der Waals surface area contributed by atoms with E-state index in [0.717, 1.165) is 36.0 Å². The van der Waals surface area contributed by atoms with Crippen LogP contribution in [0.3, 0.4) is 0 Å². The van der Waals surface area contributed by atoms with E-state index in [1.54, 1.807) is 0 Å². The lowest BCUT2D eigenvalue weighted by molar-refractivity contribution is 0.331. The lowest BCUT2D eigenvalue weighted by Gasteiger charge is -2.33. The Labute approximate surface area is 132 Å². The molecule has 3 heterocycles. The normalized spacial score (nSPS) is 16.8. The van der Waals surface area contributed by atoms with Crippen LogP contribution >= 0.6 is 0 Å². The number of pyridine rings is 1. The van der Waals surface area contributed by atoms with Gasteiger partial charge in [0.05, 0.1) is 6.20 Å². The van der Waals surface area contributed by atoms with Crippen molar-refractivity contribution in [1.82, 2.24) is 20.1 Å². The molecule has 5 heteroatoms. The van der Waals surface area contributed by atoms with Crippen LogP contribution in [-0.2, 0) is 0 Å². The molecule has 2 aromatic rings. The van der Waals surface area contributed by atoms with Crippen molar-refractivity contribution < 1.29 is 0 Å². The van der Waals surface area contributed by atoms with E-state index in [-0.39, 0.29) is 0 Å². The van der Waals surface area contributed by atoms with Gasteiger partial charge in [0, 0.05) is 24.2 Å². The molecule has 0 atom stereocenters. The highest BCUT2D eigenvalue weighted by molar-refractivity contribution is 5.82. The van der Waals surface area contributed by atoms with Crippen LogP contribution in [-0.4, -0.2) is 53.8 Å². The number of anilines is 1. The number of hydrogen-bond acceptors (Lipinski definition) is 4. The number of piperidine rings is 1. The molecule has 120 valence electrons. The van der Waals surface area contributed by atoms with Crippen molar-refractivity contribution in [3.63, 3.8) is 0 Å². The summed E-state index contributed by atoms with van der Waals surface area (Å²) in [5, 5.41) is 8.48. The first-order valence-corrected chi connectivity index (χ1v) is 8.34. The second kappa shape index (κ2) is 6.65. The van der Waals surface area contributed by atoms with Gasteiger partial charge in [0.2, 0.25) is 0 Å². The maximum atomic E-state index is 4.59. The van der Waals surface area contributed by atoms with Crippen LogP contribution in [0.2, 0.25) is 0 Å². The van der Waals surface area contributed by atoms with Crippen molar-refractivity contribution in [3.05, 3.63) is 18.0 Å². The molecule has 1 aliphatic heterocycles. The maximum Gasteiger partial charge on any atom is 0.129 e. The fourth-order valence-corrected chi connectivity index (χ4v) is 3.35. The van der Waals surface area contributed by atoms with Gasteiger partial charge in [0.25, 0.3) is 0 Å². The minimum Gasteiger partial charge on any atom is -0.357 e. The van der Waals surface area contributed by atoms with E-state index >= 15 is 0 Å². The minimum atomic E-state index is 0.885. The Morgan fingerprint density at radius 1 is 1.32 bits per heavy atom. The SMILES string of the molecule is Cc1[nH]nc2cnc(N3CCC(CCCN(C)C)CC3)cc12. The summed E-state index contributed by atoms with van der Waals surface area (Å²) in [6.45, 7) is 5.53. The third-order valence-electron chi connectivity index (χ3n) is 4.77. The lowest BCUT2D eigenvalue weighted by Crippen LogP contribution is -2.34. The number of hydrogen-bond donors (Lipinski definition) is 1. The number of H-pyrrole nitrogens is 1. The van der Waals surface area contributed by atoms with Crippen molar-refractivity contribution in [3.8, 4) is 0 Å². The highest BCUT2D eigenvalue weighted by Gasteiger charge is 2.20. The number of nitrogens with one attached hydrogen (secondary N) is 1. The summed E-state index contributed by atoms with van der Waals surface area (Å²) in [5.41, 5.74) is 2.08. The summed E-state index contributed by atoms with van der Waals surface area (Å²) < 4.78 is 0.